The van der Waals surface area contributed by atoms with E-state index in [4.69, 9.17) is 5.53 Å². The number of hydrogen-bond donors (Lipinski definition) is 2. The topological polar surface area (TPSA) is 178 Å². The fraction of sp³-hybridized carbons (Fsp3) is 0.462. The van der Waals surface area contributed by atoms with Crippen molar-refractivity contribution in [3.63, 3.8) is 0 Å². The lowest BCUT2D eigenvalue weighted by atomic mass is 10.0. The van der Waals surface area contributed by atoms with Gasteiger partial charge in [-0.3, -0.25) is 18.7 Å². The van der Waals surface area contributed by atoms with Crippen LogP contribution in [0.4, 0.5) is 0 Å². The van der Waals surface area contributed by atoms with Crippen molar-refractivity contribution in [2.45, 2.75) is 22.7 Å². The highest BCUT2D eigenvalue weighted by Crippen LogP contribution is 2.40. The highest BCUT2D eigenvalue weighted by atomic mass is 32.2. The summed E-state index contributed by atoms with van der Waals surface area (Å²) in [5, 5.41) is 22.8. The van der Waals surface area contributed by atoms with Crippen LogP contribution in [0.1, 0.15) is 5.01 Å². The number of amides is 2. The SMILES string of the molecule is Cc1nnc(S(=O)CC(=O)NC2C(=O)N3C(C(=O)O)=C(CN=[N+]=[N-])CSC23)s1. The first kappa shape index (κ1) is 20.3. The van der Waals surface area contributed by atoms with Crippen LogP contribution in [0.3, 0.4) is 0 Å². The Morgan fingerprint density at radius 3 is 2.86 bits per heavy atom. The molecule has 2 aliphatic rings. The molecule has 0 aromatic carbocycles. The number of nitrogens with one attached hydrogen (secondary N) is 1. The highest BCUT2D eigenvalue weighted by Gasteiger charge is 2.54. The Hall–Kier alpha value is -2.48. The van der Waals surface area contributed by atoms with Gasteiger partial charge in [-0.05, 0) is 18.0 Å². The number of fused-ring (bicyclic) bond motifs is 1. The summed E-state index contributed by atoms with van der Waals surface area (Å²) in [5.41, 5.74) is 8.53. The second-order valence-corrected chi connectivity index (χ2v) is 9.59. The zero-order valence-electron chi connectivity index (χ0n) is 14.3. The third kappa shape index (κ3) is 3.87. The number of carboxylic acids is 1. The fourth-order valence-electron chi connectivity index (χ4n) is 2.69. The van der Waals surface area contributed by atoms with Gasteiger partial charge in [-0.2, -0.15) is 0 Å². The summed E-state index contributed by atoms with van der Waals surface area (Å²) in [4.78, 5) is 39.8. The van der Waals surface area contributed by atoms with Gasteiger partial charge in [-0.1, -0.05) is 16.5 Å². The molecular formula is C13H13N7O5S3. The van der Waals surface area contributed by atoms with Crippen LogP contribution in [0.2, 0.25) is 0 Å². The molecule has 2 amide bonds. The second-order valence-electron chi connectivity index (χ2n) is 5.68. The molecule has 3 atom stereocenters. The molecule has 2 aliphatic heterocycles. The number of aryl methyl sites for hydroxylation is 1. The molecule has 0 aliphatic carbocycles. The third-order valence-electron chi connectivity index (χ3n) is 3.86. The van der Waals surface area contributed by atoms with E-state index >= 15 is 0 Å². The number of azide groups is 1. The Bertz CT molecular complexity index is 954. The summed E-state index contributed by atoms with van der Waals surface area (Å²) in [6.07, 6.45) is 0. The van der Waals surface area contributed by atoms with Crippen LogP contribution in [-0.4, -0.2) is 71.7 Å². The van der Waals surface area contributed by atoms with Gasteiger partial charge in [0, 0.05) is 10.7 Å². The summed E-state index contributed by atoms with van der Waals surface area (Å²) in [6, 6.07) is -0.916. The molecule has 1 fully saturated rings. The van der Waals surface area contributed by atoms with E-state index in [9.17, 15) is 23.7 Å². The second kappa shape index (κ2) is 8.26. The number of carboxylic acid groups (broad SMARTS) is 1. The number of aromatic nitrogens is 2. The van der Waals surface area contributed by atoms with Crippen LogP contribution in [0.25, 0.3) is 10.4 Å². The van der Waals surface area contributed by atoms with E-state index in [2.05, 4.69) is 25.5 Å². The Morgan fingerprint density at radius 2 is 2.25 bits per heavy atom. The van der Waals surface area contributed by atoms with Crippen molar-refractivity contribution in [2.75, 3.05) is 18.1 Å². The normalized spacial score (nSPS) is 22.0. The average molecular weight is 443 g/mol. The quantitative estimate of drug-likeness (QED) is 0.256. The van der Waals surface area contributed by atoms with Gasteiger partial charge in [-0.15, -0.1) is 22.0 Å². The first-order chi connectivity index (χ1) is 13.3. The summed E-state index contributed by atoms with van der Waals surface area (Å²) in [5.74, 6) is -2.62. The van der Waals surface area contributed by atoms with Gasteiger partial charge in [0.25, 0.3) is 5.91 Å². The minimum Gasteiger partial charge on any atom is -0.477 e. The molecule has 15 heteroatoms. The molecule has 1 aromatic heterocycles. The first-order valence-electron chi connectivity index (χ1n) is 7.72. The molecule has 1 aromatic rings. The zero-order chi connectivity index (χ0) is 20.4. The van der Waals surface area contributed by atoms with Crippen molar-refractivity contribution < 1.29 is 23.7 Å². The van der Waals surface area contributed by atoms with Gasteiger partial charge >= 0.3 is 5.97 Å². The van der Waals surface area contributed by atoms with E-state index in [1.807, 2.05) is 0 Å². The molecule has 12 nitrogen and oxygen atoms in total. The van der Waals surface area contributed by atoms with Crippen LogP contribution in [0.5, 0.6) is 0 Å². The van der Waals surface area contributed by atoms with Crippen molar-refractivity contribution in [3.05, 3.63) is 26.7 Å². The number of hydrogen-bond acceptors (Lipinski definition) is 9. The van der Waals surface area contributed by atoms with Crippen molar-refractivity contribution >= 4 is 51.7 Å². The molecule has 0 bridgehead atoms. The number of thioether (sulfide) groups is 1. The minimum atomic E-state index is -1.68. The summed E-state index contributed by atoms with van der Waals surface area (Å²) < 4.78 is 12.4. The summed E-state index contributed by atoms with van der Waals surface area (Å²) in [7, 11) is -1.68. The van der Waals surface area contributed by atoms with Crippen molar-refractivity contribution in [1.82, 2.24) is 20.4 Å². The molecule has 3 rings (SSSR count). The minimum absolute atomic E-state index is 0.154. The molecule has 28 heavy (non-hydrogen) atoms. The average Bonchev–Trinajstić information content (AvgIpc) is 3.09. The molecule has 1 saturated heterocycles. The van der Waals surface area contributed by atoms with E-state index in [1.54, 1.807) is 6.92 Å². The molecule has 0 radical (unpaired) electrons. The van der Waals surface area contributed by atoms with Crippen molar-refractivity contribution in [3.8, 4) is 0 Å². The highest BCUT2D eigenvalue weighted by molar-refractivity contribution is 8.00. The molecular weight excluding hydrogens is 430 g/mol. The van der Waals surface area contributed by atoms with Gasteiger partial charge in [0.15, 0.2) is 0 Å². The molecule has 3 heterocycles. The monoisotopic (exact) mass is 443 g/mol. The lowest BCUT2D eigenvalue weighted by Crippen LogP contribution is -2.70. The fourth-order valence-corrected chi connectivity index (χ4v) is 5.93. The number of nitrogens with zero attached hydrogens (tertiary/aromatic N) is 6. The Morgan fingerprint density at radius 1 is 1.50 bits per heavy atom. The Balaban J connectivity index is 1.67. The summed E-state index contributed by atoms with van der Waals surface area (Å²) in [6.45, 7) is 1.54. The summed E-state index contributed by atoms with van der Waals surface area (Å²) >= 11 is 2.37. The smallest absolute Gasteiger partial charge is 0.352 e. The van der Waals surface area contributed by atoms with Gasteiger partial charge in [0.2, 0.25) is 10.2 Å². The largest absolute Gasteiger partial charge is 0.477 e. The maximum atomic E-state index is 12.4. The van der Waals surface area contributed by atoms with Gasteiger partial charge < -0.3 is 10.4 Å². The van der Waals surface area contributed by atoms with Crippen molar-refractivity contribution in [2.24, 2.45) is 5.11 Å². The molecule has 0 saturated carbocycles. The van der Waals surface area contributed by atoms with Gasteiger partial charge in [0.05, 0.1) is 17.3 Å². The molecule has 0 spiro atoms. The maximum Gasteiger partial charge on any atom is 0.352 e. The van der Waals surface area contributed by atoms with Crippen LogP contribution in [0.15, 0.2) is 20.7 Å². The van der Waals surface area contributed by atoms with Crippen LogP contribution in [-0.2, 0) is 25.2 Å². The van der Waals surface area contributed by atoms with E-state index in [1.165, 1.54) is 11.8 Å². The molecule has 148 valence electrons. The molecule has 3 unspecified atom stereocenters. The van der Waals surface area contributed by atoms with E-state index in [-0.39, 0.29) is 28.1 Å². The maximum absolute atomic E-state index is 12.4. The number of aliphatic carboxylic acids is 1. The zero-order valence-corrected chi connectivity index (χ0v) is 16.7. The lowest BCUT2D eigenvalue weighted by molar-refractivity contribution is -0.150. The number of carbonyl (C=O) groups is 3. The predicted molar refractivity (Wildman–Crippen MR) is 99.6 cm³/mol. The number of β-lactam (4-membered cyclic amide) rings is 1. The number of rotatable bonds is 7. The van der Waals surface area contributed by atoms with Crippen molar-refractivity contribution in [1.29, 1.82) is 0 Å². The van der Waals surface area contributed by atoms with Crippen LogP contribution < -0.4 is 5.32 Å². The van der Waals surface area contributed by atoms with E-state index < -0.39 is 40.0 Å². The van der Waals surface area contributed by atoms with Gasteiger partial charge in [-0.25, -0.2) is 4.79 Å². The van der Waals surface area contributed by atoms with Crippen LogP contribution >= 0.6 is 23.1 Å². The third-order valence-corrected chi connectivity index (χ3v) is 7.63. The Kier molecular flexibility index (Phi) is 5.98. The molecule has 2 N–H and O–H groups in total. The van der Waals surface area contributed by atoms with Gasteiger partial charge in [0.1, 0.15) is 27.9 Å². The standard InChI is InChI=1S/C13H13N7O5S3/c1-5-17-18-13(27-5)28(25)4-7(21)16-8-10(22)20-9(12(23)24)6(2-15-19-14)3-26-11(8)20/h8,11H,2-4H2,1H3,(H,16,21)(H,23,24). The lowest BCUT2D eigenvalue weighted by Gasteiger charge is -2.49. The van der Waals surface area contributed by atoms with Crippen LogP contribution in [0, 0.1) is 6.92 Å². The first-order valence-corrected chi connectivity index (χ1v) is 10.9. The number of carbonyl (C=O) groups excluding carboxylic acids is 2. The Labute approximate surface area is 168 Å². The van der Waals surface area contributed by atoms with E-state index in [0.717, 1.165) is 16.2 Å². The predicted octanol–water partition coefficient (Wildman–Crippen LogP) is 0.00302. The van der Waals surface area contributed by atoms with E-state index in [0.29, 0.717) is 10.6 Å².